The zero-order valence-electron chi connectivity index (χ0n) is 11.1. The highest BCUT2D eigenvalue weighted by Crippen LogP contribution is 2.20. The normalized spacial score (nSPS) is 33.2. The number of ether oxygens (including phenoxy) is 1. The molecule has 3 unspecified atom stereocenters. The van der Waals surface area contributed by atoms with Gasteiger partial charge in [0.25, 0.3) is 0 Å². The van der Waals surface area contributed by atoms with E-state index in [1.165, 1.54) is 12.8 Å². The fraction of sp³-hybridized carbons (Fsp3) is 1.00. The third-order valence-corrected chi connectivity index (χ3v) is 4.17. The summed E-state index contributed by atoms with van der Waals surface area (Å²) in [5.41, 5.74) is 0. The molecule has 4 heteroatoms. The number of nitrogens with zero attached hydrogens (tertiary/aromatic N) is 2. The third-order valence-electron chi connectivity index (χ3n) is 4.17. The topological polar surface area (TPSA) is 35.9 Å². The fourth-order valence-corrected chi connectivity index (χ4v) is 2.89. The van der Waals surface area contributed by atoms with Gasteiger partial charge >= 0.3 is 0 Å². The molecule has 0 aliphatic carbocycles. The van der Waals surface area contributed by atoms with E-state index in [4.69, 9.17) is 4.74 Å². The highest BCUT2D eigenvalue weighted by molar-refractivity contribution is 4.82. The maximum Gasteiger partial charge on any atom is 0.0718 e. The Hall–Kier alpha value is -0.160. The monoisotopic (exact) mass is 242 g/mol. The van der Waals surface area contributed by atoms with Gasteiger partial charge in [-0.1, -0.05) is 0 Å². The number of aliphatic hydroxyl groups is 1. The van der Waals surface area contributed by atoms with E-state index in [1.807, 2.05) is 0 Å². The summed E-state index contributed by atoms with van der Waals surface area (Å²) in [5.74, 6) is 0.356. The lowest BCUT2D eigenvalue weighted by Crippen LogP contribution is -2.48. The molecule has 17 heavy (non-hydrogen) atoms. The molecule has 0 bridgehead atoms. The van der Waals surface area contributed by atoms with E-state index in [0.717, 1.165) is 39.3 Å². The minimum Gasteiger partial charge on any atom is -0.391 e. The van der Waals surface area contributed by atoms with Gasteiger partial charge in [0, 0.05) is 31.7 Å². The van der Waals surface area contributed by atoms with Gasteiger partial charge in [-0.15, -0.1) is 0 Å². The number of hydrogen-bond donors (Lipinski definition) is 1. The SMILES string of the molecule is CN(C)C1CCCN(CC(O)C2CCOC2)C1. The summed E-state index contributed by atoms with van der Waals surface area (Å²) < 4.78 is 5.34. The molecule has 2 aliphatic heterocycles. The van der Waals surface area contributed by atoms with Crippen molar-refractivity contribution >= 4 is 0 Å². The number of likely N-dealkylation sites (N-methyl/N-ethyl adjacent to an activating group) is 1. The Morgan fingerprint density at radius 2 is 2.24 bits per heavy atom. The number of rotatable bonds is 4. The number of aliphatic hydroxyl groups excluding tert-OH is 1. The van der Waals surface area contributed by atoms with Crippen molar-refractivity contribution in [3.63, 3.8) is 0 Å². The van der Waals surface area contributed by atoms with Crippen LogP contribution in [-0.4, -0.2) is 74.0 Å². The van der Waals surface area contributed by atoms with Crippen LogP contribution >= 0.6 is 0 Å². The highest BCUT2D eigenvalue weighted by atomic mass is 16.5. The molecule has 2 saturated heterocycles. The number of likely N-dealkylation sites (tertiary alicyclic amines) is 1. The molecule has 0 radical (unpaired) electrons. The number of β-amino-alcohol motifs (C(OH)–C–C–N with tert-alkyl or cyclic N) is 1. The molecule has 1 N–H and O–H groups in total. The van der Waals surface area contributed by atoms with E-state index in [-0.39, 0.29) is 6.10 Å². The second kappa shape index (κ2) is 6.14. The van der Waals surface area contributed by atoms with Crippen LogP contribution in [0.5, 0.6) is 0 Å². The molecule has 3 atom stereocenters. The molecular formula is C13H26N2O2. The fourth-order valence-electron chi connectivity index (χ4n) is 2.89. The van der Waals surface area contributed by atoms with Crippen LogP contribution in [0.1, 0.15) is 19.3 Å². The van der Waals surface area contributed by atoms with Gasteiger partial charge in [0.15, 0.2) is 0 Å². The summed E-state index contributed by atoms with van der Waals surface area (Å²) in [6.45, 7) is 4.61. The Bertz CT molecular complexity index is 229. The molecule has 2 heterocycles. The van der Waals surface area contributed by atoms with Crippen LogP contribution in [0, 0.1) is 5.92 Å². The minimum atomic E-state index is -0.210. The predicted octanol–water partition coefficient (Wildman–Crippen LogP) is 0.410. The van der Waals surface area contributed by atoms with E-state index < -0.39 is 0 Å². The molecule has 0 aromatic rings. The Morgan fingerprint density at radius 3 is 2.88 bits per heavy atom. The van der Waals surface area contributed by atoms with Crippen LogP contribution < -0.4 is 0 Å². The largest absolute Gasteiger partial charge is 0.391 e. The molecule has 2 rings (SSSR count). The molecular weight excluding hydrogens is 216 g/mol. The maximum absolute atomic E-state index is 10.2. The summed E-state index contributed by atoms with van der Waals surface area (Å²) in [6, 6.07) is 0.649. The first-order chi connectivity index (χ1) is 8.16. The Balaban J connectivity index is 1.77. The van der Waals surface area contributed by atoms with Crippen molar-refractivity contribution in [1.82, 2.24) is 9.80 Å². The van der Waals surface area contributed by atoms with Crippen LogP contribution in [0.2, 0.25) is 0 Å². The number of hydrogen-bond acceptors (Lipinski definition) is 4. The highest BCUT2D eigenvalue weighted by Gasteiger charge is 2.28. The standard InChI is InChI=1S/C13H26N2O2/c1-14(2)12-4-3-6-15(8-12)9-13(16)11-5-7-17-10-11/h11-13,16H,3-10H2,1-2H3. The van der Waals surface area contributed by atoms with Crippen molar-refractivity contribution in [2.24, 2.45) is 5.92 Å². The summed E-state index contributed by atoms with van der Waals surface area (Å²) in [5, 5.41) is 10.2. The first-order valence-electron chi connectivity index (χ1n) is 6.81. The molecule has 0 aromatic carbocycles. The average molecular weight is 242 g/mol. The van der Waals surface area contributed by atoms with E-state index in [2.05, 4.69) is 23.9 Å². The summed E-state index contributed by atoms with van der Waals surface area (Å²) in [4.78, 5) is 4.72. The van der Waals surface area contributed by atoms with Gasteiger partial charge in [-0.2, -0.15) is 0 Å². The van der Waals surface area contributed by atoms with Crippen LogP contribution in [-0.2, 0) is 4.74 Å². The molecule has 0 aromatic heterocycles. The third kappa shape index (κ3) is 3.65. The van der Waals surface area contributed by atoms with Gasteiger partial charge in [-0.25, -0.2) is 0 Å². The summed E-state index contributed by atoms with van der Waals surface area (Å²) >= 11 is 0. The molecule has 100 valence electrons. The second-order valence-corrected chi connectivity index (χ2v) is 5.71. The van der Waals surface area contributed by atoms with Crippen LogP contribution in [0.25, 0.3) is 0 Å². The average Bonchev–Trinajstić information content (AvgIpc) is 2.82. The van der Waals surface area contributed by atoms with Crippen LogP contribution in [0.4, 0.5) is 0 Å². The van der Waals surface area contributed by atoms with Gasteiger partial charge in [0.05, 0.1) is 12.7 Å². The van der Waals surface area contributed by atoms with Crippen molar-refractivity contribution in [2.45, 2.75) is 31.4 Å². The molecule has 0 saturated carbocycles. The van der Waals surface area contributed by atoms with E-state index in [9.17, 15) is 5.11 Å². The van der Waals surface area contributed by atoms with Gasteiger partial charge in [-0.05, 0) is 39.9 Å². The molecule has 4 nitrogen and oxygen atoms in total. The van der Waals surface area contributed by atoms with E-state index in [0.29, 0.717) is 12.0 Å². The van der Waals surface area contributed by atoms with Gasteiger partial charge in [0.2, 0.25) is 0 Å². The van der Waals surface area contributed by atoms with Crippen molar-refractivity contribution in [3.05, 3.63) is 0 Å². The smallest absolute Gasteiger partial charge is 0.0718 e. The second-order valence-electron chi connectivity index (χ2n) is 5.71. The quantitative estimate of drug-likeness (QED) is 0.774. The molecule has 0 amide bonds. The summed E-state index contributed by atoms with van der Waals surface area (Å²) in [6.07, 6.45) is 3.34. The van der Waals surface area contributed by atoms with E-state index >= 15 is 0 Å². The van der Waals surface area contributed by atoms with Gasteiger partial charge in [-0.3, -0.25) is 4.90 Å². The first kappa shape index (κ1) is 13.3. The summed E-state index contributed by atoms with van der Waals surface area (Å²) in [7, 11) is 4.30. The van der Waals surface area contributed by atoms with Crippen molar-refractivity contribution in [3.8, 4) is 0 Å². The Kier molecular flexibility index (Phi) is 4.79. The lowest BCUT2D eigenvalue weighted by molar-refractivity contribution is 0.0359. The Labute approximate surface area is 105 Å². The van der Waals surface area contributed by atoms with Crippen LogP contribution in [0.15, 0.2) is 0 Å². The van der Waals surface area contributed by atoms with Crippen molar-refractivity contribution < 1.29 is 9.84 Å². The first-order valence-corrected chi connectivity index (χ1v) is 6.81. The van der Waals surface area contributed by atoms with Crippen LogP contribution in [0.3, 0.4) is 0 Å². The molecule has 2 aliphatic rings. The zero-order chi connectivity index (χ0) is 12.3. The lowest BCUT2D eigenvalue weighted by Gasteiger charge is -2.37. The Morgan fingerprint density at radius 1 is 1.41 bits per heavy atom. The predicted molar refractivity (Wildman–Crippen MR) is 68.1 cm³/mol. The minimum absolute atomic E-state index is 0.210. The van der Waals surface area contributed by atoms with Gasteiger partial charge in [0.1, 0.15) is 0 Å². The maximum atomic E-state index is 10.2. The number of piperidine rings is 1. The van der Waals surface area contributed by atoms with Gasteiger partial charge < -0.3 is 14.7 Å². The molecule has 2 fully saturated rings. The molecule has 0 spiro atoms. The van der Waals surface area contributed by atoms with Crippen molar-refractivity contribution in [1.29, 1.82) is 0 Å². The lowest BCUT2D eigenvalue weighted by atomic mass is 9.99. The van der Waals surface area contributed by atoms with Crippen molar-refractivity contribution in [2.75, 3.05) is 46.9 Å². The zero-order valence-corrected chi connectivity index (χ0v) is 11.1. The van der Waals surface area contributed by atoms with E-state index in [1.54, 1.807) is 0 Å².